The number of carbonyl (C=O) groups is 2. The fraction of sp³-hybridized carbons (Fsp3) is 0.556. The van der Waals surface area contributed by atoms with Gasteiger partial charge in [-0.1, -0.05) is 18.2 Å². The van der Waals surface area contributed by atoms with E-state index in [1.54, 1.807) is 14.0 Å². The zero-order valence-electron chi connectivity index (χ0n) is 15.2. The van der Waals surface area contributed by atoms with Gasteiger partial charge in [0, 0.05) is 12.6 Å². The Hall–Kier alpha value is -2.08. The van der Waals surface area contributed by atoms with Gasteiger partial charge in [-0.25, -0.2) is 0 Å². The number of carbonyl (C=O) groups excluding carboxylic acids is 2. The van der Waals surface area contributed by atoms with E-state index >= 15 is 0 Å². The molecule has 0 aliphatic rings. The highest BCUT2D eigenvalue weighted by atomic mass is 16.5. The Morgan fingerprint density at radius 1 is 1.17 bits per heavy atom. The predicted octanol–water partition coefficient (Wildman–Crippen LogP) is 1.84. The second-order valence-electron chi connectivity index (χ2n) is 6.63. The first kappa shape index (κ1) is 20.0. The van der Waals surface area contributed by atoms with Gasteiger partial charge in [-0.3, -0.25) is 9.59 Å². The first-order chi connectivity index (χ1) is 11.2. The zero-order valence-corrected chi connectivity index (χ0v) is 15.2. The molecule has 0 saturated carbocycles. The molecule has 134 valence electrons. The number of rotatable bonds is 8. The van der Waals surface area contributed by atoms with E-state index in [9.17, 15) is 9.59 Å². The van der Waals surface area contributed by atoms with Gasteiger partial charge >= 0.3 is 0 Å². The van der Waals surface area contributed by atoms with E-state index in [1.807, 2.05) is 51.1 Å². The third-order valence-electron chi connectivity index (χ3n) is 3.32. The van der Waals surface area contributed by atoms with Crippen molar-refractivity contribution in [1.29, 1.82) is 0 Å². The number of nitrogens with zero attached hydrogens (tertiary/aromatic N) is 1. The van der Waals surface area contributed by atoms with Gasteiger partial charge < -0.3 is 19.7 Å². The molecule has 0 aromatic heterocycles. The molecule has 6 heteroatoms. The highest BCUT2D eigenvalue weighted by Gasteiger charge is 2.25. The Labute approximate surface area is 144 Å². The molecule has 0 bridgehead atoms. The lowest BCUT2D eigenvalue weighted by Gasteiger charge is -2.28. The van der Waals surface area contributed by atoms with E-state index in [1.165, 1.54) is 4.90 Å². The number of nitrogens with one attached hydrogen (secondary N) is 1. The third kappa shape index (κ3) is 7.46. The van der Waals surface area contributed by atoms with Crippen molar-refractivity contribution in [3.63, 3.8) is 0 Å². The summed E-state index contributed by atoms with van der Waals surface area (Å²) in [6, 6.07) is 8.84. The third-order valence-corrected chi connectivity index (χ3v) is 3.32. The van der Waals surface area contributed by atoms with Gasteiger partial charge in [0.05, 0.1) is 6.61 Å². The van der Waals surface area contributed by atoms with Gasteiger partial charge in [0.15, 0.2) is 0 Å². The number of likely N-dealkylation sites (N-methyl/N-ethyl adjacent to an activating group) is 1. The van der Waals surface area contributed by atoms with Crippen molar-refractivity contribution in [2.24, 2.45) is 0 Å². The summed E-state index contributed by atoms with van der Waals surface area (Å²) in [5.41, 5.74) is -0.333. The molecule has 0 fully saturated rings. The molecule has 1 aromatic carbocycles. The van der Waals surface area contributed by atoms with Crippen LogP contribution in [-0.2, 0) is 14.3 Å². The molecule has 1 N–H and O–H groups in total. The lowest BCUT2D eigenvalue weighted by molar-refractivity contribution is -0.142. The molecule has 1 aromatic rings. The standard InChI is InChI=1S/C18H28N2O4/c1-14(17(22)19-18(2,3)4)20(5)16(21)13-23-11-12-24-15-9-7-6-8-10-15/h6-10,14H,11-13H2,1-5H3,(H,19,22)/t14-/m0/s1. The van der Waals surface area contributed by atoms with Crippen LogP contribution in [0.4, 0.5) is 0 Å². The van der Waals surface area contributed by atoms with Crippen molar-refractivity contribution in [3.05, 3.63) is 30.3 Å². The summed E-state index contributed by atoms with van der Waals surface area (Å²) in [5.74, 6) is 0.328. The van der Waals surface area contributed by atoms with Crippen molar-refractivity contribution >= 4 is 11.8 Å². The van der Waals surface area contributed by atoms with Crippen molar-refractivity contribution < 1.29 is 19.1 Å². The van der Waals surface area contributed by atoms with Crippen LogP contribution in [-0.4, -0.2) is 55.2 Å². The zero-order chi connectivity index (χ0) is 18.2. The molecule has 6 nitrogen and oxygen atoms in total. The van der Waals surface area contributed by atoms with Gasteiger partial charge in [0.2, 0.25) is 11.8 Å². The number of ether oxygens (including phenoxy) is 2. The molecule has 1 rings (SSSR count). The second kappa shape index (κ2) is 9.27. The van der Waals surface area contributed by atoms with E-state index in [0.29, 0.717) is 13.2 Å². The first-order valence-electron chi connectivity index (χ1n) is 8.04. The molecule has 0 spiro atoms. The average Bonchev–Trinajstić information content (AvgIpc) is 2.52. The SMILES string of the molecule is C[C@@H](C(=O)NC(C)(C)C)N(C)C(=O)COCCOc1ccccc1. The smallest absolute Gasteiger partial charge is 0.248 e. The van der Waals surface area contributed by atoms with Crippen LogP contribution in [0.1, 0.15) is 27.7 Å². The lowest BCUT2D eigenvalue weighted by Crippen LogP contribution is -2.52. The van der Waals surface area contributed by atoms with Gasteiger partial charge in [0.1, 0.15) is 25.0 Å². The summed E-state index contributed by atoms with van der Waals surface area (Å²) in [4.78, 5) is 25.5. The van der Waals surface area contributed by atoms with E-state index in [0.717, 1.165) is 5.75 Å². The van der Waals surface area contributed by atoms with E-state index in [4.69, 9.17) is 9.47 Å². The lowest BCUT2D eigenvalue weighted by atomic mass is 10.1. The summed E-state index contributed by atoms with van der Waals surface area (Å²) in [5, 5.41) is 2.86. The van der Waals surface area contributed by atoms with Crippen LogP contribution in [0.3, 0.4) is 0 Å². The largest absolute Gasteiger partial charge is 0.491 e. The maximum absolute atomic E-state index is 12.1. The summed E-state index contributed by atoms with van der Waals surface area (Å²) in [7, 11) is 1.60. The molecule has 24 heavy (non-hydrogen) atoms. The molecule has 0 radical (unpaired) electrons. The van der Waals surface area contributed by atoms with E-state index < -0.39 is 6.04 Å². The number of benzene rings is 1. The molecule has 0 aliphatic heterocycles. The van der Waals surface area contributed by atoms with Crippen molar-refractivity contribution in [2.75, 3.05) is 26.9 Å². The van der Waals surface area contributed by atoms with Crippen LogP contribution in [0.2, 0.25) is 0 Å². The summed E-state index contributed by atoms with van der Waals surface area (Å²) in [6.45, 7) is 7.97. The minimum atomic E-state index is -0.555. The Kier molecular flexibility index (Phi) is 7.71. The van der Waals surface area contributed by atoms with E-state index in [2.05, 4.69) is 5.32 Å². The highest BCUT2D eigenvalue weighted by molar-refractivity contribution is 5.87. The van der Waals surface area contributed by atoms with Gasteiger partial charge in [0.25, 0.3) is 0 Å². The van der Waals surface area contributed by atoms with Gasteiger partial charge in [-0.2, -0.15) is 0 Å². The Morgan fingerprint density at radius 2 is 1.79 bits per heavy atom. The monoisotopic (exact) mass is 336 g/mol. The van der Waals surface area contributed by atoms with Gasteiger partial charge in [-0.15, -0.1) is 0 Å². The number of hydrogen-bond donors (Lipinski definition) is 1. The Bertz CT molecular complexity index is 526. The van der Waals surface area contributed by atoms with Crippen molar-refractivity contribution in [1.82, 2.24) is 10.2 Å². The first-order valence-corrected chi connectivity index (χ1v) is 8.04. The number of amides is 2. The van der Waals surface area contributed by atoms with Crippen LogP contribution in [0.15, 0.2) is 30.3 Å². The van der Waals surface area contributed by atoms with E-state index in [-0.39, 0.29) is 24.0 Å². The molecular formula is C18H28N2O4. The van der Waals surface area contributed by atoms with Crippen molar-refractivity contribution in [3.8, 4) is 5.75 Å². The molecular weight excluding hydrogens is 308 g/mol. The average molecular weight is 336 g/mol. The summed E-state index contributed by atoms with van der Waals surface area (Å²) in [6.07, 6.45) is 0. The van der Waals surface area contributed by atoms with Crippen LogP contribution in [0.5, 0.6) is 5.75 Å². The number of hydrogen-bond acceptors (Lipinski definition) is 4. The fourth-order valence-electron chi connectivity index (χ4n) is 1.86. The molecule has 0 heterocycles. The number of para-hydroxylation sites is 1. The Morgan fingerprint density at radius 3 is 2.38 bits per heavy atom. The maximum Gasteiger partial charge on any atom is 0.248 e. The fourth-order valence-corrected chi connectivity index (χ4v) is 1.86. The normalized spacial score (nSPS) is 12.4. The molecule has 0 unspecified atom stereocenters. The van der Waals surface area contributed by atoms with Crippen molar-refractivity contribution in [2.45, 2.75) is 39.3 Å². The summed E-state index contributed by atoms with van der Waals surface area (Å²) < 4.78 is 10.8. The molecule has 0 aliphatic carbocycles. The van der Waals surface area contributed by atoms with Crippen LogP contribution >= 0.6 is 0 Å². The van der Waals surface area contributed by atoms with Gasteiger partial charge in [-0.05, 0) is 39.8 Å². The molecule has 1 atom stereocenters. The minimum absolute atomic E-state index is 0.0816. The quantitative estimate of drug-likeness (QED) is 0.736. The molecule has 0 saturated heterocycles. The van der Waals surface area contributed by atoms with Crippen LogP contribution in [0, 0.1) is 0 Å². The highest BCUT2D eigenvalue weighted by Crippen LogP contribution is 2.07. The predicted molar refractivity (Wildman–Crippen MR) is 92.9 cm³/mol. The summed E-state index contributed by atoms with van der Waals surface area (Å²) >= 11 is 0. The topological polar surface area (TPSA) is 67.9 Å². The molecule has 2 amide bonds. The van der Waals surface area contributed by atoms with Crippen LogP contribution < -0.4 is 10.1 Å². The minimum Gasteiger partial charge on any atom is -0.491 e. The second-order valence-corrected chi connectivity index (χ2v) is 6.63. The Balaban J connectivity index is 2.27. The van der Waals surface area contributed by atoms with Crippen LogP contribution in [0.25, 0.3) is 0 Å². The maximum atomic E-state index is 12.1.